The third-order valence-electron chi connectivity index (χ3n) is 2.87. The molecule has 0 aliphatic carbocycles. The van der Waals surface area contributed by atoms with Crippen LogP contribution in [0.5, 0.6) is 0 Å². The van der Waals surface area contributed by atoms with Gasteiger partial charge >= 0.3 is 5.97 Å². The number of likely N-dealkylation sites (N-methyl/N-ethyl adjacent to an activating group) is 1. The third-order valence-corrected chi connectivity index (χ3v) is 2.87. The summed E-state index contributed by atoms with van der Waals surface area (Å²) < 4.78 is 5.05. The zero-order valence-electron chi connectivity index (χ0n) is 10.5. The van der Waals surface area contributed by atoms with Crippen LogP contribution in [0.4, 0.5) is 5.69 Å². The predicted molar refractivity (Wildman–Crippen MR) is 67.4 cm³/mol. The number of benzene rings is 1. The molecule has 0 radical (unpaired) electrons. The van der Waals surface area contributed by atoms with Crippen LogP contribution in [-0.4, -0.2) is 36.9 Å². The first-order valence-electron chi connectivity index (χ1n) is 5.61. The maximum Gasteiger partial charge on any atom is 0.331 e. The van der Waals surface area contributed by atoms with Gasteiger partial charge in [0.15, 0.2) is 5.54 Å². The van der Waals surface area contributed by atoms with E-state index in [2.05, 4.69) is 0 Å². The molecule has 1 unspecified atom stereocenters. The monoisotopic (exact) mass is 237 g/mol. The molecule has 0 aliphatic rings. The van der Waals surface area contributed by atoms with E-state index in [1.165, 1.54) is 7.11 Å². The lowest BCUT2D eigenvalue weighted by Crippen LogP contribution is -2.56. The van der Waals surface area contributed by atoms with Gasteiger partial charge in [0.1, 0.15) is 0 Å². The predicted octanol–water partition coefficient (Wildman–Crippen LogP) is 2.00. The Bertz CT molecular complexity index is 366. The molecular formula is C13H19NO3. The van der Waals surface area contributed by atoms with Crippen LogP contribution in [0, 0.1) is 0 Å². The Kier molecular flexibility index (Phi) is 4.52. The SMILES string of the molecule is CCN(c1ccccc1)C(C)(COC)C(=O)O. The summed E-state index contributed by atoms with van der Waals surface area (Å²) in [4.78, 5) is 13.3. The maximum absolute atomic E-state index is 11.5. The summed E-state index contributed by atoms with van der Waals surface area (Å²) >= 11 is 0. The van der Waals surface area contributed by atoms with Gasteiger partial charge in [0.25, 0.3) is 0 Å². The van der Waals surface area contributed by atoms with Crippen molar-refractivity contribution in [1.29, 1.82) is 0 Å². The second kappa shape index (κ2) is 5.68. The molecule has 17 heavy (non-hydrogen) atoms. The Labute approximate surface area is 102 Å². The van der Waals surface area contributed by atoms with Gasteiger partial charge < -0.3 is 14.7 Å². The van der Waals surface area contributed by atoms with Crippen LogP contribution in [0.25, 0.3) is 0 Å². The summed E-state index contributed by atoms with van der Waals surface area (Å²) in [6.45, 7) is 4.36. The summed E-state index contributed by atoms with van der Waals surface area (Å²) in [6.07, 6.45) is 0. The van der Waals surface area contributed by atoms with Crippen molar-refractivity contribution in [2.24, 2.45) is 0 Å². The van der Waals surface area contributed by atoms with Gasteiger partial charge in [-0.2, -0.15) is 0 Å². The van der Waals surface area contributed by atoms with Crippen LogP contribution >= 0.6 is 0 Å². The molecule has 0 saturated heterocycles. The first-order chi connectivity index (χ1) is 8.06. The molecule has 0 fully saturated rings. The van der Waals surface area contributed by atoms with E-state index in [4.69, 9.17) is 4.74 Å². The second-order valence-electron chi connectivity index (χ2n) is 4.09. The van der Waals surface area contributed by atoms with Crippen LogP contribution in [0.3, 0.4) is 0 Å². The lowest BCUT2D eigenvalue weighted by atomic mass is 10.00. The first kappa shape index (κ1) is 13.5. The van der Waals surface area contributed by atoms with Gasteiger partial charge in [0.2, 0.25) is 0 Å². The van der Waals surface area contributed by atoms with Gasteiger partial charge in [-0.25, -0.2) is 4.79 Å². The summed E-state index contributed by atoms with van der Waals surface area (Å²) in [7, 11) is 1.51. The molecule has 4 heteroatoms. The number of ether oxygens (including phenoxy) is 1. The van der Waals surface area contributed by atoms with Crippen LogP contribution in [0.2, 0.25) is 0 Å². The topological polar surface area (TPSA) is 49.8 Å². The Balaban J connectivity index is 3.10. The summed E-state index contributed by atoms with van der Waals surface area (Å²) in [5.74, 6) is -0.884. The van der Waals surface area contributed by atoms with Crippen molar-refractivity contribution in [2.45, 2.75) is 19.4 Å². The molecule has 0 heterocycles. The summed E-state index contributed by atoms with van der Waals surface area (Å²) in [5, 5.41) is 9.40. The molecular weight excluding hydrogens is 218 g/mol. The largest absolute Gasteiger partial charge is 0.479 e. The van der Waals surface area contributed by atoms with Crippen molar-refractivity contribution < 1.29 is 14.6 Å². The molecule has 0 saturated carbocycles. The van der Waals surface area contributed by atoms with Crippen molar-refractivity contribution >= 4 is 11.7 Å². The van der Waals surface area contributed by atoms with Crippen LogP contribution in [-0.2, 0) is 9.53 Å². The average Bonchev–Trinajstić information content (AvgIpc) is 2.31. The fourth-order valence-electron chi connectivity index (χ4n) is 1.96. The highest BCUT2D eigenvalue weighted by Crippen LogP contribution is 2.24. The minimum atomic E-state index is -1.05. The van der Waals surface area contributed by atoms with Gasteiger partial charge in [-0.05, 0) is 26.0 Å². The molecule has 94 valence electrons. The number of hydrogen-bond donors (Lipinski definition) is 1. The van der Waals surface area contributed by atoms with E-state index in [0.717, 1.165) is 5.69 Å². The highest BCUT2D eigenvalue weighted by atomic mass is 16.5. The number of nitrogens with zero attached hydrogens (tertiary/aromatic N) is 1. The number of rotatable bonds is 6. The van der Waals surface area contributed by atoms with Crippen molar-refractivity contribution in [3.8, 4) is 0 Å². The van der Waals surface area contributed by atoms with Gasteiger partial charge in [0, 0.05) is 19.3 Å². The minimum Gasteiger partial charge on any atom is -0.479 e. The van der Waals surface area contributed by atoms with Gasteiger partial charge in [-0.3, -0.25) is 0 Å². The molecule has 0 bridgehead atoms. The number of para-hydroxylation sites is 1. The number of hydrogen-bond acceptors (Lipinski definition) is 3. The van der Waals surface area contributed by atoms with Crippen LogP contribution in [0.15, 0.2) is 30.3 Å². The van der Waals surface area contributed by atoms with Crippen molar-refractivity contribution in [1.82, 2.24) is 0 Å². The average molecular weight is 237 g/mol. The molecule has 1 aromatic carbocycles. The Morgan fingerprint density at radius 1 is 1.41 bits per heavy atom. The van der Waals surface area contributed by atoms with E-state index >= 15 is 0 Å². The Morgan fingerprint density at radius 3 is 2.41 bits per heavy atom. The summed E-state index contributed by atoms with van der Waals surface area (Å²) in [5.41, 5.74) is -0.165. The zero-order valence-corrected chi connectivity index (χ0v) is 10.5. The number of anilines is 1. The highest BCUT2D eigenvalue weighted by Gasteiger charge is 2.39. The van der Waals surface area contributed by atoms with E-state index in [1.807, 2.05) is 42.2 Å². The van der Waals surface area contributed by atoms with E-state index in [1.54, 1.807) is 6.92 Å². The number of carbonyl (C=O) groups is 1. The smallest absolute Gasteiger partial charge is 0.331 e. The van der Waals surface area contributed by atoms with Gasteiger partial charge in [-0.1, -0.05) is 18.2 Å². The number of carboxylic acids is 1. The van der Waals surface area contributed by atoms with Crippen LogP contribution in [0.1, 0.15) is 13.8 Å². The molecule has 4 nitrogen and oxygen atoms in total. The molecule has 1 rings (SSSR count). The second-order valence-corrected chi connectivity index (χ2v) is 4.09. The molecule has 0 aliphatic heterocycles. The molecule has 0 spiro atoms. The molecule has 1 atom stereocenters. The normalized spacial score (nSPS) is 14.1. The van der Waals surface area contributed by atoms with Gasteiger partial charge in [0.05, 0.1) is 6.61 Å². The summed E-state index contributed by atoms with van der Waals surface area (Å²) in [6, 6.07) is 9.51. The first-order valence-corrected chi connectivity index (χ1v) is 5.61. The number of methoxy groups -OCH3 is 1. The van der Waals surface area contributed by atoms with Crippen molar-refractivity contribution in [2.75, 3.05) is 25.2 Å². The fraction of sp³-hybridized carbons (Fsp3) is 0.462. The molecule has 0 aromatic heterocycles. The minimum absolute atomic E-state index is 0.144. The lowest BCUT2D eigenvalue weighted by molar-refractivity contribution is -0.144. The quantitative estimate of drug-likeness (QED) is 0.822. The Hall–Kier alpha value is -1.55. The van der Waals surface area contributed by atoms with Crippen molar-refractivity contribution in [3.63, 3.8) is 0 Å². The van der Waals surface area contributed by atoms with E-state index in [-0.39, 0.29) is 6.61 Å². The number of carboxylic acid groups (broad SMARTS) is 1. The van der Waals surface area contributed by atoms with Gasteiger partial charge in [-0.15, -0.1) is 0 Å². The van der Waals surface area contributed by atoms with Crippen molar-refractivity contribution in [3.05, 3.63) is 30.3 Å². The molecule has 1 N–H and O–H groups in total. The number of aliphatic carboxylic acids is 1. The third kappa shape index (κ3) is 2.77. The fourth-order valence-corrected chi connectivity index (χ4v) is 1.96. The zero-order chi connectivity index (χ0) is 12.9. The van der Waals surface area contributed by atoms with E-state index in [9.17, 15) is 9.90 Å². The van der Waals surface area contributed by atoms with Crippen LogP contribution < -0.4 is 4.90 Å². The maximum atomic E-state index is 11.5. The molecule has 1 aromatic rings. The lowest BCUT2D eigenvalue weighted by Gasteiger charge is -2.38. The highest BCUT2D eigenvalue weighted by molar-refractivity contribution is 5.83. The van der Waals surface area contributed by atoms with E-state index in [0.29, 0.717) is 6.54 Å². The molecule has 0 amide bonds. The standard InChI is InChI=1S/C13H19NO3/c1-4-14(11-8-6-5-7-9-11)13(2,10-17-3)12(15)16/h5-9H,4,10H2,1-3H3,(H,15,16). The Morgan fingerprint density at radius 2 is 2.00 bits per heavy atom. The van der Waals surface area contributed by atoms with E-state index < -0.39 is 11.5 Å².